The number of carbonyl (C=O) groups excluding carboxylic acids is 1. The number of sulfone groups is 1. The molecule has 27 heavy (non-hydrogen) atoms. The Morgan fingerprint density at radius 3 is 2.52 bits per heavy atom. The predicted molar refractivity (Wildman–Crippen MR) is 106 cm³/mol. The van der Waals surface area contributed by atoms with Crippen LogP contribution in [-0.4, -0.2) is 30.7 Å². The Labute approximate surface area is 163 Å². The number of hydrogen-bond donors (Lipinski definition) is 2. The molecule has 3 rings (SSSR count). The molecule has 1 aliphatic rings. The summed E-state index contributed by atoms with van der Waals surface area (Å²) < 4.78 is 23.4. The van der Waals surface area contributed by atoms with Crippen molar-refractivity contribution in [1.82, 2.24) is 4.98 Å². The third-order valence-electron chi connectivity index (χ3n) is 5.01. The third-order valence-corrected chi connectivity index (χ3v) is 6.95. The van der Waals surface area contributed by atoms with E-state index in [-0.39, 0.29) is 23.3 Å². The zero-order chi connectivity index (χ0) is 19.4. The van der Waals surface area contributed by atoms with Crippen LogP contribution in [0.1, 0.15) is 49.3 Å². The number of aliphatic hydroxyl groups is 1. The van der Waals surface area contributed by atoms with Crippen molar-refractivity contribution in [3.05, 3.63) is 40.9 Å². The second-order valence-corrected chi connectivity index (χ2v) is 9.95. The van der Waals surface area contributed by atoms with Crippen molar-refractivity contribution in [3.8, 4) is 0 Å². The number of aromatic nitrogens is 1. The highest BCUT2D eigenvalue weighted by Gasteiger charge is 2.27. The van der Waals surface area contributed by atoms with Gasteiger partial charge in [0, 0.05) is 11.6 Å². The summed E-state index contributed by atoms with van der Waals surface area (Å²) >= 11 is 1.28. The molecule has 1 amide bonds. The smallest absolute Gasteiger partial charge is 0.233 e. The van der Waals surface area contributed by atoms with Gasteiger partial charge in [-0.05, 0) is 30.0 Å². The van der Waals surface area contributed by atoms with Gasteiger partial charge >= 0.3 is 0 Å². The molecule has 1 aromatic carbocycles. The lowest BCUT2D eigenvalue weighted by Crippen LogP contribution is -2.23. The number of aliphatic hydroxyl groups excluding tert-OH is 1. The lowest BCUT2D eigenvalue weighted by Gasteiger charge is -2.20. The van der Waals surface area contributed by atoms with Crippen LogP contribution >= 0.6 is 11.3 Å². The normalized spacial score (nSPS) is 16.4. The summed E-state index contributed by atoms with van der Waals surface area (Å²) in [5.41, 5.74) is 1.34. The first-order valence-corrected chi connectivity index (χ1v) is 11.8. The molecule has 8 heteroatoms. The fourth-order valence-electron chi connectivity index (χ4n) is 3.55. The maximum absolute atomic E-state index is 13.0. The van der Waals surface area contributed by atoms with Gasteiger partial charge in [-0.3, -0.25) is 4.79 Å². The number of amides is 1. The third kappa shape index (κ3) is 5.15. The molecule has 1 atom stereocenters. The minimum Gasteiger partial charge on any atom is -0.390 e. The molecule has 0 radical (unpaired) electrons. The van der Waals surface area contributed by atoms with Crippen molar-refractivity contribution in [1.29, 1.82) is 0 Å². The first-order chi connectivity index (χ1) is 12.9. The van der Waals surface area contributed by atoms with E-state index in [9.17, 15) is 13.2 Å². The van der Waals surface area contributed by atoms with Gasteiger partial charge in [-0.2, -0.15) is 0 Å². The summed E-state index contributed by atoms with van der Waals surface area (Å²) in [6.07, 6.45) is 6.54. The second-order valence-electron chi connectivity index (χ2n) is 7.07. The quantitative estimate of drug-likeness (QED) is 0.732. The molecule has 1 fully saturated rings. The molecule has 1 aliphatic carbocycles. The lowest BCUT2D eigenvalue weighted by atomic mass is 9.87. The summed E-state index contributed by atoms with van der Waals surface area (Å²) in [7, 11) is -3.27. The fourth-order valence-corrected chi connectivity index (χ4v) is 4.89. The minimum absolute atomic E-state index is 0.146. The minimum atomic E-state index is -3.27. The Balaban J connectivity index is 1.82. The number of hydrogen-bond acceptors (Lipinski definition) is 6. The van der Waals surface area contributed by atoms with E-state index in [1.807, 2.05) is 0 Å². The maximum atomic E-state index is 13.0. The highest BCUT2D eigenvalue weighted by atomic mass is 32.2. The molecule has 0 bridgehead atoms. The number of benzene rings is 1. The van der Waals surface area contributed by atoms with Crippen molar-refractivity contribution >= 4 is 32.2 Å². The van der Waals surface area contributed by atoms with E-state index in [1.54, 1.807) is 29.6 Å². The molecular weight excluding hydrogens is 384 g/mol. The van der Waals surface area contributed by atoms with Crippen molar-refractivity contribution in [2.75, 3.05) is 11.6 Å². The highest BCUT2D eigenvalue weighted by molar-refractivity contribution is 7.90. The molecular formula is C19H24N2O4S2. The van der Waals surface area contributed by atoms with Gasteiger partial charge in [0.2, 0.25) is 5.91 Å². The zero-order valence-corrected chi connectivity index (χ0v) is 16.9. The van der Waals surface area contributed by atoms with Crippen LogP contribution < -0.4 is 5.32 Å². The Hall–Kier alpha value is -1.77. The summed E-state index contributed by atoms with van der Waals surface area (Å²) in [5, 5.41) is 14.2. The van der Waals surface area contributed by atoms with Crippen LogP contribution in [0.15, 0.2) is 34.5 Å². The molecule has 146 valence electrons. The summed E-state index contributed by atoms with van der Waals surface area (Å²) in [6.45, 7) is -0.162. The van der Waals surface area contributed by atoms with Gasteiger partial charge in [0.25, 0.3) is 0 Å². The number of anilines is 1. The number of nitrogens with zero attached hydrogens (tertiary/aromatic N) is 1. The Morgan fingerprint density at radius 2 is 1.96 bits per heavy atom. The molecule has 1 saturated carbocycles. The number of nitrogens with one attached hydrogen (secondary N) is 1. The average molecular weight is 409 g/mol. The van der Waals surface area contributed by atoms with Crippen LogP contribution in [-0.2, 0) is 21.2 Å². The van der Waals surface area contributed by atoms with Crippen LogP contribution in [0.25, 0.3) is 0 Å². The topological polar surface area (TPSA) is 96.4 Å². The number of thiazole rings is 1. The molecule has 6 nitrogen and oxygen atoms in total. The number of rotatable bonds is 7. The van der Waals surface area contributed by atoms with Crippen LogP contribution in [0, 0.1) is 5.92 Å². The summed E-state index contributed by atoms with van der Waals surface area (Å²) in [6, 6.07) is 6.59. The van der Waals surface area contributed by atoms with Crippen LogP contribution in [0.5, 0.6) is 0 Å². The second kappa shape index (κ2) is 8.50. The van der Waals surface area contributed by atoms with Crippen LogP contribution in [0.2, 0.25) is 0 Å². The van der Waals surface area contributed by atoms with E-state index in [0.717, 1.165) is 24.8 Å². The van der Waals surface area contributed by atoms with Crippen LogP contribution in [0.4, 0.5) is 5.13 Å². The molecule has 0 spiro atoms. The molecule has 2 aromatic rings. The summed E-state index contributed by atoms with van der Waals surface area (Å²) in [4.78, 5) is 17.4. The monoisotopic (exact) mass is 408 g/mol. The van der Waals surface area contributed by atoms with Gasteiger partial charge in [-0.15, -0.1) is 11.3 Å². The fraction of sp³-hybridized carbons (Fsp3) is 0.474. The molecule has 1 unspecified atom stereocenters. The zero-order valence-electron chi connectivity index (χ0n) is 15.2. The van der Waals surface area contributed by atoms with E-state index in [1.165, 1.54) is 30.4 Å². The van der Waals surface area contributed by atoms with Crippen LogP contribution in [0.3, 0.4) is 0 Å². The van der Waals surface area contributed by atoms with E-state index in [4.69, 9.17) is 5.11 Å². The van der Waals surface area contributed by atoms with Gasteiger partial charge < -0.3 is 10.4 Å². The SMILES string of the molecule is CS(=O)(=O)c1ccc(C(CC2CCCC2)C(=O)Nc2nc(CO)cs2)cc1. The highest BCUT2D eigenvalue weighted by Crippen LogP contribution is 2.35. The van der Waals surface area contributed by atoms with E-state index in [2.05, 4.69) is 10.3 Å². The van der Waals surface area contributed by atoms with Crippen molar-refractivity contribution in [2.24, 2.45) is 5.92 Å². The van der Waals surface area contributed by atoms with Crippen molar-refractivity contribution < 1.29 is 18.3 Å². The maximum Gasteiger partial charge on any atom is 0.233 e. The average Bonchev–Trinajstić information content (AvgIpc) is 3.30. The molecule has 1 aromatic heterocycles. The van der Waals surface area contributed by atoms with Gasteiger partial charge in [-0.1, -0.05) is 37.8 Å². The van der Waals surface area contributed by atoms with Gasteiger partial charge in [-0.25, -0.2) is 13.4 Å². The molecule has 0 aliphatic heterocycles. The predicted octanol–water partition coefficient (Wildman–Crippen LogP) is 3.34. The van der Waals surface area contributed by atoms with E-state index < -0.39 is 9.84 Å². The Morgan fingerprint density at radius 1 is 1.30 bits per heavy atom. The van der Waals surface area contributed by atoms with Crippen molar-refractivity contribution in [3.63, 3.8) is 0 Å². The standard InChI is InChI=1S/C19H24N2O4S2/c1-27(24,25)16-8-6-14(7-9-16)17(10-13-4-2-3-5-13)18(23)21-19-20-15(11-22)12-26-19/h6-9,12-13,17,22H,2-5,10-11H2,1H3,(H,20,21,23). The van der Waals surface area contributed by atoms with Gasteiger partial charge in [0.15, 0.2) is 15.0 Å². The van der Waals surface area contributed by atoms with E-state index >= 15 is 0 Å². The lowest BCUT2D eigenvalue weighted by molar-refractivity contribution is -0.118. The first kappa shape index (κ1) is 20.0. The molecule has 1 heterocycles. The largest absolute Gasteiger partial charge is 0.390 e. The number of carbonyl (C=O) groups is 1. The van der Waals surface area contributed by atoms with Gasteiger partial charge in [0.1, 0.15) is 0 Å². The molecule has 0 saturated heterocycles. The van der Waals surface area contributed by atoms with E-state index in [0.29, 0.717) is 16.7 Å². The molecule has 2 N–H and O–H groups in total. The van der Waals surface area contributed by atoms with Crippen molar-refractivity contribution in [2.45, 2.75) is 49.5 Å². The first-order valence-electron chi connectivity index (χ1n) is 9.03. The Kier molecular flexibility index (Phi) is 6.29. The Bertz CT molecular complexity index is 885. The van der Waals surface area contributed by atoms with Gasteiger partial charge in [0.05, 0.1) is 23.1 Å². The summed E-state index contributed by atoms with van der Waals surface area (Å²) in [5.74, 6) is -0.00401.